The third-order valence-electron chi connectivity index (χ3n) is 1.07. The van der Waals surface area contributed by atoms with Crippen molar-refractivity contribution in [2.24, 2.45) is 0 Å². The first-order valence-corrected chi connectivity index (χ1v) is 2.88. The van der Waals surface area contributed by atoms with E-state index >= 15 is 0 Å². The Balaban J connectivity index is 2.61. The second-order valence-electron chi connectivity index (χ2n) is 1.82. The summed E-state index contributed by atoms with van der Waals surface area (Å²) in [7, 11) is 1.68. The molecule has 1 heteroatoms. The van der Waals surface area contributed by atoms with Gasteiger partial charge in [-0.05, 0) is 11.6 Å². The van der Waals surface area contributed by atoms with Crippen LogP contribution >= 0.6 is 0 Å². The zero-order valence-corrected chi connectivity index (χ0v) is 5.42. The van der Waals surface area contributed by atoms with Gasteiger partial charge in [0.05, 0.1) is 6.61 Å². The first-order chi connectivity index (χ1) is 4.43. The van der Waals surface area contributed by atoms with Gasteiger partial charge in [0.1, 0.15) is 0 Å². The zero-order chi connectivity index (χ0) is 6.53. The lowest BCUT2D eigenvalue weighted by atomic mass is 10.2. The fourth-order valence-electron chi connectivity index (χ4n) is 0.676. The molecule has 0 saturated heterocycles. The fraction of sp³-hybridized carbons (Fsp3) is 0.250. The van der Waals surface area contributed by atoms with Gasteiger partial charge in [0, 0.05) is 7.11 Å². The Bertz CT molecular complexity index is 157. The Hall–Kier alpha value is -0.820. The molecule has 1 aromatic rings. The minimum Gasteiger partial charge on any atom is -0.380 e. The first kappa shape index (κ1) is 6.30. The van der Waals surface area contributed by atoms with Crippen molar-refractivity contribution in [1.29, 1.82) is 0 Å². The van der Waals surface area contributed by atoms with E-state index in [4.69, 9.17) is 4.74 Å². The van der Waals surface area contributed by atoms with E-state index in [1.165, 1.54) is 0 Å². The highest BCUT2D eigenvalue weighted by atomic mass is 16.5. The van der Waals surface area contributed by atoms with Crippen LogP contribution in [-0.4, -0.2) is 7.11 Å². The summed E-state index contributed by atoms with van der Waals surface area (Å²) in [5.41, 5.74) is 1.10. The van der Waals surface area contributed by atoms with Crippen molar-refractivity contribution in [3.63, 3.8) is 0 Å². The lowest BCUT2D eigenvalue weighted by Crippen LogP contribution is -1.84. The van der Waals surface area contributed by atoms with Crippen LogP contribution in [0.15, 0.2) is 24.3 Å². The molecule has 0 spiro atoms. The third-order valence-corrected chi connectivity index (χ3v) is 1.07. The van der Waals surface area contributed by atoms with Crippen LogP contribution in [0.4, 0.5) is 0 Å². The van der Waals surface area contributed by atoms with E-state index in [1.807, 2.05) is 24.3 Å². The van der Waals surface area contributed by atoms with Crippen molar-refractivity contribution in [1.82, 2.24) is 0 Å². The average molecular weight is 121 g/mol. The summed E-state index contributed by atoms with van der Waals surface area (Å²) in [5.74, 6) is 0. The van der Waals surface area contributed by atoms with E-state index in [9.17, 15) is 0 Å². The molecule has 0 heterocycles. The molecule has 47 valence electrons. The van der Waals surface area contributed by atoms with Gasteiger partial charge in [0.15, 0.2) is 0 Å². The van der Waals surface area contributed by atoms with E-state index in [-0.39, 0.29) is 0 Å². The largest absolute Gasteiger partial charge is 0.380 e. The Kier molecular flexibility index (Phi) is 2.28. The van der Waals surface area contributed by atoms with Crippen LogP contribution in [0.3, 0.4) is 0 Å². The fourth-order valence-corrected chi connectivity index (χ4v) is 0.676. The molecule has 0 bridgehead atoms. The van der Waals surface area contributed by atoms with Crippen molar-refractivity contribution >= 4 is 0 Å². The van der Waals surface area contributed by atoms with Gasteiger partial charge in [-0.15, -0.1) is 0 Å². The van der Waals surface area contributed by atoms with E-state index in [1.54, 1.807) is 7.11 Å². The van der Waals surface area contributed by atoms with Crippen LogP contribution in [0.5, 0.6) is 0 Å². The maximum absolute atomic E-state index is 4.90. The van der Waals surface area contributed by atoms with Crippen LogP contribution in [-0.2, 0) is 11.3 Å². The van der Waals surface area contributed by atoms with Crippen molar-refractivity contribution in [2.75, 3.05) is 7.11 Å². The van der Waals surface area contributed by atoms with Crippen molar-refractivity contribution in [3.05, 3.63) is 35.9 Å². The van der Waals surface area contributed by atoms with E-state index < -0.39 is 0 Å². The molecule has 1 rings (SSSR count). The molecule has 1 nitrogen and oxygen atoms in total. The standard InChI is InChI=1S/C8H9O/c1-9-7-8-5-3-2-4-6-8/h2-5H,7H2,1H3. The molecular formula is C8H9O. The molecule has 0 aliphatic heterocycles. The van der Waals surface area contributed by atoms with Gasteiger partial charge in [-0.25, -0.2) is 0 Å². The Morgan fingerprint density at radius 1 is 1.56 bits per heavy atom. The monoisotopic (exact) mass is 121 g/mol. The van der Waals surface area contributed by atoms with Gasteiger partial charge < -0.3 is 4.74 Å². The smallest absolute Gasteiger partial charge is 0.0719 e. The minimum absolute atomic E-state index is 0.654. The Labute approximate surface area is 55.3 Å². The number of ether oxygens (including phenoxy) is 1. The van der Waals surface area contributed by atoms with Gasteiger partial charge >= 0.3 is 0 Å². The molecule has 9 heavy (non-hydrogen) atoms. The SMILES string of the molecule is COCc1[c]cccc1. The summed E-state index contributed by atoms with van der Waals surface area (Å²) in [6, 6.07) is 10.8. The van der Waals surface area contributed by atoms with Crippen LogP contribution in [0, 0.1) is 6.07 Å². The molecule has 0 saturated carbocycles. The molecule has 1 radical (unpaired) electrons. The molecule has 0 unspecified atom stereocenters. The summed E-state index contributed by atoms with van der Waals surface area (Å²) in [4.78, 5) is 0. The average Bonchev–Trinajstić information content (AvgIpc) is 1.91. The summed E-state index contributed by atoms with van der Waals surface area (Å²) < 4.78 is 4.90. The number of methoxy groups -OCH3 is 1. The maximum Gasteiger partial charge on any atom is 0.0719 e. The number of hydrogen-bond donors (Lipinski definition) is 0. The Morgan fingerprint density at radius 3 is 3.00 bits per heavy atom. The van der Waals surface area contributed by atoms with Crippen molar-refractivity contribution in [3.8, 4) is 0 Å². The van der Waals surface area contributed by atoms with E-state index in [2.05, 4.69) is 6.07 Å². The lowest BCUT2D eigenvalue weighted by molar-refractivity contribution is 0.184. The van der Waals surface area contributed by atoms with E-state index in [0.717, 1.165) is 5.56 Å². The summed E-state index contributed by atoms with van der Waals surface area (Å²) >= 11 is 0. The van der Waals surface area contributed by atoms with Crippen LogP contribution in [0.25, 0.3) is 0 Å². The summed E-state index contributed by atoms with van der Waals surface area (Å²) in [6.07, 6.45) is 0. The van der Waals surface area contributed by atoms with Crippen LogP contribution in [0.1, 0.15) is 5.56 Å². The van der Waals surface area contributed by atoms with Gasteiger partial charge in [-0.1, -0.05) is 24.3 Å². The first-order valence-electron chi connectivity index (χ1n) is 2.88. The van der Waals surface area contributed by atoms with Crippen molar-refractivity contribution in [2.45, 2.75) is 6.61 Å². The topological polar surface area (TPSA) is 9.23 Å². The highest BCUT2D eigenvalue weighted by molar-refractivity contribution is 5.11. The minimum atomic E-state index is 0.654. The van der Waals surface area contributed by atoms with Gasteiger partial charge in [-0.2, -0.15) is 0 Å². The number of benzene rings is 1. The molecule has 0 amide bonds. The zero-order valence-electron chi connectivity index (χ0n) is 5.42. The predicted octanol–water partition coefficient (Wildman–Crippen LogP) is 1.63. The molecule has 0 atom stereocenters. The highest BCUT2D eigenvalue weighted by Crippen LogP contribution is 1.97. The molecule has 0 aliphatic carbocycles. The highest BCUT2D eigenvalue weighted by Gasteiger charge is 1.85. The van der Waals surface area contributed by atoms with Gasteiger partial charge in [-0.3, -0.25) is 0 Å². The van der Waals surface area contributed by atoms with Crippen LogP contribution in [0.2, 0.25) is 0 Å². The molecule has 0 fully saturated rings. The predicted molar refractivity (Wildman–Crippen MR) is 36.0 cm³/mol. The number of rotatable bonds is 2. The molecule has 0 aliphatic rings. The summed E-state index contributed by atoms with van der Waals surface area (Å²) in [5, 5.41) is 0. The lowest BCUT2D eigenvalue weighted by Gasteiger charge is -1.94. The third kappa shape index (κ3) is 1.86. The second-order valence-corrected chi connectivity index (χ2v) is 1.82. The second kappa shape index (κ2) is 3.25. The van der Waals surface area contributed by atoms with Gasteiger partial charge in [0.25, 0.3) is 0 Å². The van der Waals surface area contributed by atoms with Gasteiger partial charge in [0.2, 0.25) is 0 Å². The van der Waals surface area contributed by atoms with Crippen LogP contribution < -0.4 is 0 Å². The summed E-state index contributed by atoms with van der Waals surface area (Å²) in [6.45, 7) is 0.654. The quantitative estimate of drug-likeness (QED) is 0.578. The Morgan fingerprint density at radius 2 is 2.44 bits per heavy atom. The molecule has 0 N–H and O–H groups in total. The van der Waals surface area contributed by atoms with Crippen molar-refractivity contribution < 1.29 is 4.74 Å². The normalized spacial score (nSPS) is 9.44. The maximum atomic E-state index is 4.90. The van der Waals surface area contributed by atoms with E-state index in [0.29, 0.717) is 6.61 Å². The molecular weight excluding hydrogens is 112 g/mol. The molecule has 0 aromatic heterocycles. The number of hydrogen-bond acceptors (Lipinski definition) is 1. The molecule has 1 aromatic carbocycles.